The molecule has 0 bridgehead atoms. The van der Waals surface area contributed by atoms with Gasteiger partial charge in [-0.25, -0.2) is 14.6 Å². The number of carbonyl (C=O) groups excluding carboxylic acids is 2. The van der Waals surface area contributed by atoms with Gasteiger partial charge in [-0.2, -0.15) is 0 Å². The van der Waals surface area contributed by atoms with E-state index in [1.54, 1.807) is 53.9 Å². The quantitative estimate of drug-likeness (QED) is 0.0967. The van der Waals surface area contributed by atoms with E-state index in [9.17, 15) is 29.4 Å². The summed E-state index contributed by atoms with van der Waals surface area (Å²) < 4.78 is 5.51. The smallest absolute Gasteiger partial charge is 0.345 e. The molecule has 0 unspecified atom stereocenters. The summed E-state index contributed by atoms with van der Waals surface area (Å²) in [5.74, 6) is -3.00. The minimum absolute atomic E-state index is 0.0456. The van der Waals surface area contributed by atoms with Crippen molar-refractivity contribution in [3.8, 4) is 5.75 Å². The van der Waals surface area contributed by atoms with E-state index in [1.807, 2.05) is 0 Å². The monoisotopic (exact) mass is 560 g/mol. The number of ether oxygens (including phenoxy) is 1. The van der Waals surface area contributed by atoms with Crippen molar-refractivity contribution in [2.24, 2.45) is 16.5 Å². The number of nitrogens with two attached hydrogens (primary N) is 2. The highest BCUT2D eigenvalue weighted by Crippen LogP contribution is 2.27. The Labute approximate surface area is 231 Å². The predicted octanol–water partition coefficient (Wildman–Crippen LogP) is 3.84. The molecule has 1 amide bonds. The fraction of sp³-hybridized carbons (Fsp3) is 0.107. The lowest BCUT2D eigenvalue weighted by molar-refractivity contribution is -0.137. The summed E-state index contributed by atoms with van der Waals surface area (Å²) in [6.45, 7) is -0.0234. The van der Waals surface area contributed by atoms with Crippen molar-refractivity contribution in [3.63, 3.8) is 0 Å². The van der Waals surface area contributed by atoms with Crippen LogP contribution >= 0.6 is 11.3 Å². The zero-order valence-electron chi connectivity index (χ0n) is 20.9. The van der Waals surface area contributed by atoms with E-state index in [0.717, 1.165) is 11.3 Å². The first kappa shape index (κ1) is 27.8. The standard InChI is InChI=1S/C28H24N4O7S/c29-28(30)31-19-6-4-17(5-7-19)27(38)39-20-8-9-21-18(13-20)2-1-3-22(21)25(35)32(11-10-24(33)34)14-16-12-23(26(36)37)40-15-16/h1-9,12-13,15H,10-11,14H2,(H,33,34)(H,36,37)(H4,29,30,31). The molecular formula is C28H24N4O7S. The summed E-state index contributed by atoms with van der Waals surface area (Å²) in [5.41, 5.74) is 12.4. The second-order valence-corrected chi connectivity index (χ2v) is 9.57. The molecule has 0 spiro atoms. The number of carboxylic acids is 2. The molecule has 204 valence electrons. The van der Waals surface area contributed by atoms with Gasteiger partial charge in [-0.15, -0.1) is 11.3 Å². The molecule has 40 heavy (non-hydrogen) atoms. The Morgan fingerprint density at radius 2 is 1.70 bits per heavy atom. The number of hydrogen-bond acceptors (Lipinski definition) is 7. The molecule has 0 fully saturated rings. The molecule has 1 aromatic heterocycles. The summed E-state index contributed by atoms with van der Waals surface area (Å²) in [4.78, 5) is 54.1. The predicted molar refractivity (Wildman–Crippen MR) is 149 cm³/mol. The van der Waals surface area contributed by atoms with Gasteiger partial charge >= 0.3 is 17.9 Å². The van der Waals surface area contributed by atoms with Gasteiger partial charge in [-0.05, 0) is 76.3 Å². The molecule has 6 N–H and O–H groups in total. The Balaban J connectivity index is 1.56. The Morgan fingerprint density at radius 3 is 2.35 bits per heavy atom. The summed E-state index contributed by atoms with van der Waals surface area (Å²) in [7, 11) is 0. The Hall–Kier alpha value is -5.23. The van der Waals surface area contributed by atoms with Crippen LogP contribution in [0.1, 0.15) is 42.4 Å². The second-order valence-electron chi connectivity index (χ2n) is 8.66. The number of carboxylic acid groups (broad SMARTS) is 2. The van der Waals surface area contributed by atoms with Gasteiger partial charge in [0.2, 0.25) is 0 Å². The van der Waals surface area contributed by atoms with E-state index in [0.29, 0.717) is 27.6 Å². The molecule has 0 saturated carbocycles. The van der Waals surface area contributed by atoms with Crippen LogP contribution in [0.4, 0.5) is 5.69 Å². The number of aromatic carboxylic acids is 1. The molecule has 0 aliphatic rings. The third kappa shape index (κ3) is 6.79. The van der Waals surface area contributed by atoms with Crippen LogP contribution in [-0.4, -0.2) is 51.4 Å². The molecule has 12 heteroatoms. The van der Waals surface area contributed by atoms with Crippen LogP contribution in [0.3, 0.4) is 0 Å². The van der Waals surface area contributed by atoms with Crippen molar-refractivity contribution >= 4 is 57.6 Å². The van der Waals surface area contributed by atoms with Crippen molar-refractivity contribution in [2.45, 2.75) is 13.0 Å². The number of hydrogen-bond donors (Lipinski definition) is 4. The number of rotatable bonds is 10. The largest absolute Gasteiger partial charge is 0.481 e. The lowest BCUT2D eigenvalue weighted by Gasteiger charge is -2.22. The minimum atomic E-state index is -1.08. The Kier molecular flexibility index (Phi) is 8.40. The first-order valence-corrected chi connectivity index (χ1v) is 12.7. The van der Waals surface area contributed by atoms with Crippen molar-refractivity contribution < 1.29 is 34.1 Å². The van der Waals surface area contributed by atoms with Gasteiger partial charge < -0.3 is 31.3 Å². The SMILES string of the molecule is NC(N)=Nc1ccc(C(=O)Oc2ccc3c(C(=O)N(CCC(=O)O)Cc4csc(C(=O)O)c4)cccc3c2)cc1. The van der Waals surface area contributed by atoms with E-state index in [1.165, 1.54) is 23.1 Å². The van der Waals surface area contributed by atoms with E-state index in [2.05, 4.69) is 4.99 Å². The zero-order valence-corrected chi connectivity index (χ0v) is 21.8. The van der Waals surface area contributed by atoms with E-state index in [-0.39, 0.29) is 41.7 Å². The van der Waals surface area contributed by atoms with Gasteiger partial charge in [0.25, 0.3) is 5.91 Å². The number of guanidine groups is 1. The average Bonchev–Trinajstić information content (AvgIpc) is 3.39. The van der Waals surface area contributed by atoms with Crippen LogP contribution in [0, 0.1) is 0 Å². The molecule has 0 aliphatic heterocycles. The number of aliphatic carboxylic acids is 1. The first-order valence-electron chi connectivity index (χ1n) is 11.9. The van der Waals surface area contributed by atoms with E-state index >= 15 is 0 Å². The highest BCUT2D eigenvalue weighted by molar-refractivity contribution is 7.12. The van der Waals surface area contributed by atoms with Crippen molar-refractivity contribution in [1.29, 1.82) is 0 Å². The molecular weight excluding hydrogens is 536 g/mol. The van der Waals surface area contributed by atoms with Crippen LogP contribution < -0.4 is 16.2 Å². The summed E-state index contributed by atoms with van der Waals surface area (Å²) in [6, 6.07) is 17.6. The highest BCUT2D eigenvalue weighted by atomic mass is 32.1. The summed E-state index contributed by atoms with van der Waals surface area (Å²) in [5, 5.41) is 21.2. The van der Waals surface area contributed by atoms with Gasteiger partial charge in [0.1, 0.15) is 10.6 Å². The van der Waals surface area contributed by atoms with Gasteiger partial charge in [-0.1, -0.05) is 12.1 Å². The minimum Gasteiger partial charge on any atom is -0.481 e. The van der Waals surface area contributed by atoms with E-state index in [4.69, 9.17) is 16.2 Å². The lowest BCUT2D eigenvalue weighted by Crippen LogP contribution is -2.32. The molecule has 0 atom stereocenters. The van der Waals surface area contributed by atoms with Crippen LogP contribution in [0.25, 0.3) is 10.8 Å². The maximum Gasteiger partial charge on any atom is 0.345 e. The maximum absolute atomic E-state index is 13.6. The van der Waals surface area contributed by atoms with Gasteiger partial charge in [-0.3, -0.25) is 9.59 Å². The number of nitrogens with zero attached hydrogens (tertiary/aromatic N) is 2. The molecule has 1 heterocycles. The number of amides is 1. The van der Waals surface area contributed by atoms with Crippen LogP contribution in [0.5, 0.6) is 5.75 Å². The van der Waals surface area contributed by atoms with Crippen molar-refractivity contribution in [1.82, 2.24) is 4.90 Å². The van der Waals surface area contributed by atoms with Crippen LogP contribution in [0.2, 0.25) is 0 Å². The molecule has 0 aliphatic carbocycles. The number of carbonyl (C=O) groups is 4. The molecule has 3 aromatic carbocycles. The molecule has 0 saturated heterocycles. The molecule has 0 radical (unpaired) electrons. The van der Waals surface area contributed by atoms with Crippen molar-refractivity contribution in [2.75, 3.05) is 6.54 Å². The van der Waals surface area contributed by atoms with Crippen LogP contribution in [-0.2, 0) is 11.3 Å². The second kappa shape index (κ2) is 12.1. The van der Waals surface area contributed by atoms with Gasteiger partial charge in [0.15, 0.2) is 5.96 Å². The zero-order chi connectivity index (χ0) is 28.8. The fourth-order valence-corrected chi connectivity index (χ4v) is 4.68. The average molecular weight is 561 g/mol. The van der Waals surface area contributed by atoms with Gasteiger partial charge in [0, 0.05) is 18.7 Å². The number of fused-ring (bicyclic) bond motifs is 1. The third-order valence-corrected chi connectivity index (χ3v) is 6.74. The Morgan fingerprint density at radius 1 is 0.950 bits per heavy atom. The number of thiophene rings is 1. The fourth-order valence-electron chi connectivity index (χ4n) is 3.94. The Bertz CT molecular complexity index is 1630. The first-order chi connectivity index (χ1) is 19.1. The van der Waals surface area contributed by atoms with Gasteiger partial charge in [0.05, 0.1) is 17.7 Å². The van der Waals surface area contributed by atoms with Crippen LogP contribution in [0.15, 0.2) is 77.1 Å². The number of esters is 1. The maximum atomic E-state index is 13.6. The molecule has 11 nitrogen and oxygen atoms in total. The van der Waals surface area contributed by atoms with Crippen molar-refractivity contribution in [3.05, 3.63) is 93.7 Å². The number of aliphatic imine (C=N–C) groups is 1. The topological polar surface area (TPSA) is 186 Å². The third-order valence-electron chi connectivity index (χ3n) is 5.77. The lowest BCUT2D eigenvalue weighted by atomic mass is 10.0. The number of benzene rings is 3. The molecule has 4 aromatic rings. The normalized spacial score (nSPS) is 10.6. The summed E-state index contributed by atoms with van der Waals surface area (Å²) in [6.07, 6.45) is -0.278. The van der Waals surface area contributed by atoms with E-state index < -0.39 is 23.8 Å². The summed E-state index contributed by atoms with van der Waals surface area (Å²) >= 11 is 1.03. The molecule has 4 rings (SSSR count). The highest BCUT2D eigenvalue weighted by Gasteiger charge is 2.21.